The van der Waals surface area contributed by atoms with Crippen molar-refractivity contribution in [3.05, 3.63) is 78.2 Å². The van der Waals surface area contributed by atoms with Crippen LogP contribution >= 0.6 is 11.3 Å². The molecule has 1 aliphatic heterocycles. The molecule has 1 fully saturated rings. The Morgan fingerprint density at radius 3 is 2.25 bits per heavy atom. The average Bonchev–Trinajstić information content (AvgIpc) is 3.63. The standard InChI is InChI=1S/C26H22F3N7O2S2/c27-26(28,29)18-3-1-17(2-4-18)21-15-31-23-22(21)24(33-16-32-23)36-12-10-35(11-13-36)19-5-7-20(8-6-19)40(37,38)34-25-30-9-14-39-25/h1-9,14-16H,10-13H2,(H,30,34)(H,31,32,33). The summed E-state index contributed by atoms with van der Waals surface area (Å²) in [7, 11) is -3.73. The summed E-state index contributed by atoms with van der Waals surface area (Å²) in [5.41, 5.74) is 2.15. The Balaban J connectivity index is 1.18. The number of rotatable bonds is 6. The highest BCUT2D eigenvalue weighted by Crippen LogP contribution is 2.36. The summed E-state index contributed by atoms with van der Waals surface area (Å²) in [6.07, 6.45) is 0.333. The van der Waals surface area contributed by atoms with E-state index in [1.165, 1.54) is 36.0 Å². The van der Waals surface area contributed by atoms with Crippen molar-refractivity contribution >= 4 is 49.0 Å². The van der Waals surface area contributed by atoms with Gasteiger partial charge in [0.2, 0.25) is 0 Å². The second-order valence-corrected chi connectivity index (χ2v) is 11.7. The quantitative estimate of drug-likeness (QED) is 0.281. The van der Waals surface area contributed by atoms with Crippen molar-refractivity contribution in [2.45, 2.75) is 11.1 Å². The number of hydrogen-bond donors (Lipinski definition) is 2. The molecule has 206 valence electrons. The van der Waals surface area contributed by atoms with Gasteiger partial charge in [0.1, 0.15) is 17.8 Å². The summed E-state index contributed by atoms with van der Waals surface area (Å²) in [4.78, 5) is 20.3. The van der Waals surface area contributed by atoms with Gasteiger partial charge in [0.25, 0.3) is 10.0 Å². The summed E-state index contributed by atoms with van der Waals surface area (Å²) >= 11 is 1.20. The van der Waals surface area contributed by atoms with Crippen LogP contribution in [0, 0.1) is 0 Å². The number of nitrogens with one attached hydrogen (secondary N) is 2. The maximum absolute atomic E-state index is 13.0. The molecule has 0 unspecified atom stereocenters. The summed E-state index contributed by atoms with van der Waals surface area (Å²) < 4.78 is 66.9. The number of sulfonamides is 1. The number of piperazine rings is 1. The molecule has 0 atom stereocenters. The van der Waals surface area contributed by atoms with Crippen LogP contribution in [0.3, 0.4) is 0 Å². The van der Waals surface area contributed by atoms with Gasteiger partial charge in [-0.25, -0.2) is 23.4 Å². The molecule has 2 N–H and O–H groups in total. The third-order valence-electron chi connectivity index (χ3n) is 6.72. The van der Waals surface area contributed by atoms with E-state index in [0.29, 0.717) is 48.3 Å². The molecule has 4 heterocycles. The molecule has 3 aromatic heterocycles. The van der Waals surface area contributed by atoms with Gasteiger partial charge < -0.3 is 14.8 Å². The summed E-state index contributed by atoms with van der Waals surface area (Å²) in [5.74, 6) is 0.704. The van der Waals surface area contributed by atoms with Crippen LogP contribution in [-0.2, 0) is 16.2 Å². The predicted molar refractivity (Wildman–Crippen MR) is 148 cm³/mol. The van der Waals surface area contributed by atoms with Crippen molar-refractivity contribution in [1.29, 1.82) is 0 Å². The van der Waals surface area contributed by atoms with Gasteiger partial charge in [0.15, 0.2) is 5.13 Å². The number of thiazole rings is 1. The Morgan fingerprint density at radius 1 is 0.900 bits per heavy atom. The Labute approximate surface area is 231 Å². The molecule has 0 amide bonds. The first kappa shape index (κ1) is 26.1. The lowest BCUT2D eigenvalue weighted by Crippen LogP contribution is -2.47. The monoisotopic (exact) mass is 585 g/mol. The van der Waals surface area contributed by atoms with Crippen molar-refractivity contribution in [2.24, 2.45) is 0 Å². The second-order valence-electron chi connectivity index (χ2n) is 9.11. The zero-order chi connectivity index (χ0) is 27.9. The Morgan fingerprint density at radius 2 is 1.60 bits per heavy atom. The number of nitrogens with zero attached hydrogens (tertiary/aromatic N) is 5. The first-order valence-electron chi connectivity index (χ1n) is 12.2. The van der Waals surface area contributed by atoms with Crippen LogP contribution in [-0.4, -0.2) is 54.5 Å². The molecule has 0 saturated carbocycles. The number of fused-ring (bicyclic) bond motifs is 1. The number of halogens is 3. The number of aromatic amines is 1. The van der Waals surface area contributed by atoms with Crippen molar-refractivity contribution in [3.63, 3.8) is 0 Å². The van der Waals surface area contributed by atoms with Gasteiger partial charge in [-0.05, 0) is 42.0 Å². The van der Waals surface area contributed by atoms with Crippen molar-refractivity contribution in [3.8, 4) is 11.1 Å². The molecular weight excluding hydrogens is 563 g/mol. The molecule has 5 aromatic rings. The molecule has 9 nitrogen and oxygen atoms in total. The van der Waals surface area contributed by atoms with E-state index >= 15 is 0 Å². The minimum Gasteiger partial charge on any atom is -0.368 e. The van der Waals surface area contributed by atoms with E-state index in [0.717, 1.165) is 28.8 Å². The van der Waals surface area contributed by atoms with E-state index in [-0.39, 0.29) is 4.90 Å². The fraction of sp³-hybridized carbons (Fsp3) is 0.192. The molecule has 2 aromatic carbocycles. The average molecular weight is 586 g/mol. The van der Waals surface area contributed by atoms with Gasteiger partial charge in [0, 0.05) is 55.2 Å². The Kier molecular flexibility index (Phi) is 6.58. The van der Waals surface area contributed by atoms with Gasteiger partial charge in [-0.2, -0.15) is 13.2 Å². The van der Waals surface area contributed by atoms with Crippen LogP contribution in [0.2, 0.25) is 0 Å². The van der Waals surface area contributed by atoms with Gasteiger partial charge in [-0.15, -0.1) is 11.3 Å². The largest absolute Gasteiger partial charge is 0.416 e. The maximum Gasteiger partial charge on any atom is 0.416 e. The lowest BCUT2D eigenvalue weighted by Gasteiger charge is -2.37. The van der Waals surface area contributed by atoms with Crippen LogP contribution < -0.4 is 14.5 Å². The lowest BCUT2D eigenvalue weighted by molar-refractivity contribution is -0.137. The van der Waals surface area contributed by atoms with E-state index in [1.54, 1.807) is 35.8 Å². The number of anilines is 3. The number of benzene rings is 2. The molecule has 14 heteroatoms. The second kappa shape index (κ2) is 10.1. The molecule has 0 bridgehead atoms. The third-order valence-corrected chi connectivity index (χ3v) is 8.89. The van der Waals surface area contributed by atoms with Crippen LogP contribution in [0.5, 0.6) is 0 Å². The first-order valence-corrected chi connectivity index (χ1v) is 14.6. The van der Waals surface area contributed by atoms with Crippen LogP contribution in [0.1, 0.15) is 5.56 Å². The number of aromatic nitrogens is 4. The molecule has 0 radical (unpaired) electrons. The van der Waals surface area contributed by atoms with Gasteiger partial charge in [0.05, 0.1) is 15.8 Å². The number of hydrogen-bond acceptors (Lipinski definition) is 8. The highest BCUT2D eigenvalue weighted by molar-refractivity contribution is 7.93. The van der Waals surface area contributed by atoms with Gasteiger partial charge in [-0.3, -0.25) is 4.72 Å². The molecule has 0 spiro atoms. The molecule has 40 heavy (non-hydrogen) atoms. The predicted octanol–water partition coefficient (Wildman–Crippen LogP) is 5.23. The third kappa shape index (κ3) is 5.07. The van der Waals surface area contributed by atoms with E-state index < -0.39 is 21.8 Å². The van der Waals surface area contributed by atoms with E-state index in [4.69, 9.17) is 0 Å². The molecule has 1 saturated heterocycles. The zero-order valence-corrected chi connectivity index (χ0v) is 22.4. The SMILES string of the molecule is O=S(=O)(Nc1nccs1)c1ccc(N2CCN(c3ncnc4[nH]cc(-c5ccc(C(F)(F)F)cc5)c34)CC2)cc1. The number of alkyl halides is 3. The molecule has 1 aliphatic rings. The highest BCUT2D eigenvalue weighted by Gasteiger charge is 2.30. The number of H-pyrrole nitrogens is 1. The van der Waals surface area contributed by atoms with E-state index in [1.807, 2.05) is 0 Å². The van der Waals surface area contributed by atoms with Gasteiger partial charge >= 0.3 is 6.18 Å². The van der Waals surface area contributed by atoms with Crippen LogP contribution in [0.25, 0.3) is 22.2 Å². The topological polar surface area (TPSA) is 107 Å². The fourth-order valence-corrected chi connectivity index (χ4v) is 6.50. The summed E-state index contributed by atoms with van der Waals surface area (Å²) in [6.45, 7) is 2.59. The first-order chi connectivity index (χ1) is 19.2. The summed E-state index contributed by atoms with van der Waals surface area (Å²) in [6, 6.07) is 11.8. The molecule has 6 rings (SSSR count). The smallest absolute Gasteiger partial charge is 0.368 e. The maximum atomic E-state index is 13.0. The molecule has 0 aliphatic carbocycles. The fourth-order valence-electron chi connectivity index (χ4n) is 4.71. The highest BCUT2D eigenvalue weighted by atomic mass is 32.2. The minimum atomic E-state index is -4.40. The van der Waals surface area contributed by atoms with Crippen molar-refractivity contribution in [2.75, 3.05) is 40.7 Å². The van der Waals surface area contributed by atoms with Crippen molar-refractivity contribution in [1.82, 2.24) is 19.9 Å². The van der Waals surface area contributed by atoms with Gasteiger partial charge in [-0.1, -0.05) is 12.1 Å². The summed E-state index contributed by atoms with van der Waals surface area (Å²) in [5, 5.41) is 2.75. The van der Waals surface area contributed by atoms with Crippen LogP contribution in [0.15, 0.2) is 77.5 Å². The van der Waals surface area contributed by atoms with Crippen LogP contribution in [0.4, 0.5) is 29.8 Å². The zero-order valence-electron chi connectivity index (χ0n) is 20.8. The Bertz CT molecular complexity index is 1730. The van der Waals surface area contributed by atoms with E-state index in [2.05, 4.69) is 34.5 Å². The normalized spacial score (nSPS) is 14.6. The van der Waals surface area contributed by atoms with E-state index in [9.17, 15) is 21.6 Å². The minimum absolute atomic E-state index is 0.150. The lowest BCUT2D eigenvalue weighted by atomic mass is 10.0. The molecular formula is C26H22F3N7O2S2. The Hall–Kier alpha value is -4.17. The van der Waals surface area contributed by atoms with Crippen molar-refractivity contribution < 1.29 is 21.6 Å².